The molecule has 3 rings (SSSR count). The molecule has 0 spiro atoms. The van der Waals surface area contributed by atoms with Crippen LogP contribution in [-0.4, -0.2) is 23.1 Å². The van der Waals surface area contributed by atoms with E-state index < -0.39 is 11.9 Å². The minimum atomic E-state index is -0.422. The van der Waals surface area contributed by atoms with Crippen LogP contribution in [0.3, 0.4) is 0 Å². The van der Waals surface area contributed by atoms with Crippen LogP contribution in [0.25, 0.3) is 10.2 Å². The highest BCUT2D eigenvalue weighted by atomic mass is 35.5. The van der Waals surface area contributed by atoms with Gasteiger partial charge in [-0.3, -0.25) is 9.59 Å². The maximum atomic E-state index is 12.6. The number of amides is 1. The zero-order valence-electron chi connectivity index (χ0n) is 14.5. The van der Waals surface area contributed by atoms with Gasteiger partial charge in [-0.05, 0) is 45.0 Å². The van der Waals surface area contributed by atoms with Crippen LogP contribution >= 0.6 is 22.9 Å². The van der Waals surface area contributed by atoms with Gasteiger partial charge in [-0.2, -0.15) is 4.99 Å². The molecule has 0 aliphatic heterocycles. The van der Waals surface area contributed by atoms with Crippen molar-refractivity contribution in [3.05, 3.63) is 51.2 Å². The number of ether oxygens (including phenoxy) is 1. The topological polar surface area (TPSA) is 73.8 Å². The van der Waals surface area contributed by atoms with Crippen molar-refractivity contribution in [2.24, 2.45) is 4.99 Å². The molecule has 0 radical (unpaired) electrons. The molecule has 0 atom stereocenters. The van der Waals surface area contributed by atoms with Crippen molar-refractivity contribution in [3.63, 3.8) is 0 Å². The van der Waals surface area contributed by atoms with E-state index in [1.165, 1.54) is 11.3 Å². The molecule has 0 saturated carbocycles. The first-order valence-electron chi connectivity index (χ1n) is 7.99. The largest absolute Gasteiger partial charge is 0.466 e. The highest BCUT2D eigenvalue weighted by Gasteiger charge is 2.16. The molecule has 0 saturated heterocycles. The van der Waals surface area contributed by atoms with Crippen molar-refractivity contribution >= 4 is 45.0 Å². The summed E-state index contributed by atoms with van der Waals surface area (Å²) in [5.74, 6) is 0.335. The minimum absolute atomic E-state index is 0.0367. The second kappa shape index (κ2) is 7.47. The summed E-state index contributed by atoms with van der Waals surface area (Å²) in [5.41, 5.74) is 1.17. The van der Waals surface area contributed by atoms with Crippen molar-refractivity contribution in [1.82, 2.24) is 4.57 Å². The number of nitrogens with zero attached hydrogens (tertiary/aromatic N) is 2. The maximum absolute atomic E-state index is 12.6. The Morgan fingerprint density at radius 3 is 2.73 bits per heavy atom. The molecule has 0 bridgehead atoms. The van der Waals surface area contributed by atoms with E-state index in [1.54, 1.807) is 49.6 Å². The third kappa shape index (κ3) is 3.73. The molecule has 0 N–H and O–H groups in total. The van der Waals surface area contributed by atoms with Crippen molar-refractivity contribution in [1.29, 1.82) is 0 Å². The van der Waals surface area contributed by atoms with Gasteiger partial charge in [-0.25, -0.2) is 0 Å². The van der Waals surface area contributed by atoms with E-state index in [1.807, 2.05) is 0 Å². The van der Waals surface area contributed by atoms with Gasteiger partial charge in [0.2, 0.25) is 0 Å². The molecule has 3 aromatic rings. The lowest BCUT2D eigenvalue weighted by Crippen LogP contribution is -2.23. The summed E-state index contributed by atoms with van der Waals surface area (Å²) in [6.45, 7) is 5.48. The highest BCUT2D eigenvalue weighted by Crippen LogP contribution is 2.22. The standard InChI is InChI=1S/C18H17ClN2O4S/c1-4-24-16(22)9-21-14-6-5-12(19)8-15(14)26-18(21)20-17(23)13-7-10(2)25-11(13)3/h5-8H,4,9H2,1-3H3. The predicted octanol–water partition coefficient (Wildman–Crippen LogP) is 3.87. The van der Waals surface area contributed by atoms with E-state index in [9.17, 15) is 9.59 Å². The second-order valence-electron chi connectivity index (χ2n) is 5.63. The summed E-state index contributed by atoms with van der Waals surface area (Å²) in [7, 11) is 0. The number of carbonyl (C=O) groups excluding carboxylic acids is 2. The van der Waals surface area contributed by atoms with Crippen molar-refractivity contribution in [3.8, 4) is 0 Å². The molecular formula is C18H17ClN2O4S. The number of thiazole rings is 1. The Morgan fingerprint density at radius 2 is 2.08 bits per heavy atom. The van der Waals surface area contributed by atoms with Crippen LogP contribution in [0.15, 0.2) is 33.7 Å². The van der Waals surface area contributed by atoms with Gasteiger partial charge in [0.25, 0.3) is 5.91 Å². The first-order chi connectivity index (χ1) is 12.4. The molecule has 2 aromatic heterocycles. The van der Waals surface area contributed by atoms with Crippen LogP contribution in [-0.2, 0) is 16.1 Å². The average molecular weight is 393 g/mol. The minimum Gasteiger partial charge on any atom is -0.466 e. The molecule has 136 valence electrons. The van der Waals surface area contributed by atoms with Crippen LogP contribution in [0, 0.1) is 13.8 Å². The Labute approximate surface area is 158 Å². The quantitative estimate of drug-likeness (QED) is 0.632. The zero-order valence-corrected chi connectivity index (χ0v) is 16.1. The molecular weight excluding hydrogens is 376 g/mol. The summed E-state index contributed by atoms with van der Waals surface area (Å²) in [6.07, 6.45) is 0. The number of fused-ring (bicyclic) bond motifs is 1. The monoisotopic (exact) mass is 392 g/mol. The number of carbonyl (C=O) groups is 2. The number of hydrogen-bond donors (Lipinski definition) is 0. The zero-order chi connectivity index (χ0) is 18.8. The fourth-order valence-electron chi connectivity index (χ4n) is 2.61. The fourth-order valence-corrected chi connectivity index (χ4v) is 3.91. The Balaban J connectivity index is 2.12. The number of esters is 1. The van der Waals surface area contributed by atoms with Crippen LogP contribution < -0.4 is 4.80 Å². The van der Waals surface area contributed by atoms with Gasteiger partial charge < -0.3 is 13.7 Å². The molecule has 0 fully saturated rings. The van der Waals surface area contributed by atoms with Crippen molar-refractivity contribution in [2.75, 3.05) is 6.61 Å². The Morgan fingerprint density at radius 1 is 1.31 bits per heavy atom. The van der Waals surface area contributed by atoms with E-state index in [2.05, 4.69) is 4.99 Å². The number of rotatable bonds is 4. The number of aromatic nitrogens is 1. The van der Waals surface area contributed by atoms with Crippen LogP contribution in [0.4, 0.5) is 0 Å². The van der Waals surface area contributed by atoms with E-state index in [-0.39, 0.29) is 13.2 Å². The van der Waals surface area contributed by atoms with Gasteiger partial charge >= 0.3 is 5.97 Å². The SMILES string of the molecule is CCOC(=O)Cn1c(=NC(=O)c2cc(C)oc2C)sc2cc(Cl)ccc21. The summed E-state index contributed by atoms with van der Waals surface area (Å²) in [4.78, 5) is 29.2. The Bertz CT molecular complexity index is 1060. The molecule has 8 heteroatoms. The van der Waals surface area contributed by atoms with Gasteiger partial charge in [0.05, 0.1) is 22.4 Å². The van der Waals surface area contributed by atoms with Gasteiger partial charge in [0, 0.05) is 5.02 Å². The first-order valence-corrected chi connectivity index (χ1v) is 9.19. The van der Waals surface area contributed by atoms with Gasteiger partial charge in [0.1, 0.15) is 18.1 Å². The van der Waals surface area contributed by atoms with E-state index in [4.69, 9.17) is 20.8 Å². The lowest BCUT2D eigenvalue weighted by molar-refractivity contribution is -0.143. The predicted molar refractivity (Wildman–Crippen MR) is 99.5 cm³/mol. The lowest BCUT2D eigenvalue weighted by Gasteiger charge is -2.05. The molecule has 0 aliphatic carbocycles. The number of furan rings is 1. The molecule has 26 heavy (non-hydrogen) atoms. The van der Waals surface area contributed by atoms with Gasteiger partial charge in [-0.15, -0.1) is 0 Å². The normalized spacial score (nSPS) is 11.9. The van der Waals surface area contributed by atoms with Crippen molar-refractivity contribution in [2.45, 2.75) is 27.3 Å². The lowest BCUT2D eigenvalue weighted by atomic mass is 10.2. The molecule has 2 heterocycles. The van der Waals surface area contributed by atoms with Crippen LogP contribution in [0.5, 0.6) is 0 Å². The highest BCUT2D eigenvalue weighted by molar-refractivity contribution is 7.16. The summed E-state index contributed by atoms with van der Waals surface area (Å²) < 4.78 is 12.9. The number of aryl methyl sites for hydroxylation is 2. The summed E-state index contributed by atoms with van der Waals surface area (Å²) in [5, 5.41) is 0.571. The molecule has 0 aliphatic rings. The Kier molecular flexibility index (Phi) is 5.29. The number of halogens is 1. The molecule has 1 aromatic carbocycles. The third-order valence-electron chi connectivity index (χ3n) is 3.71. The average Bonchev–Trinajstić information content (AvgIpc) is 3.07. The number of benzene rings is 1. The second-order valence-corrected chi connectivity index (χ2v) is 7.08. The van der Waals surface area contributed by atoms with Crippen molar-refractivity contribution < 1.29 is 18.7 Å². The fraction of sp³-hybridized carbons (Fsp3) is 0.278. The number of hydrogen-bond acceptors (Lipinski definition) is 5. The van der Waals surface area contributed by atoms with E-state index in [0.717, 1.165) is 10.2 Å². The Hall–Kier alpha value is -2.38. The van der Waals surface area contributed by atoms with Crippen LogP contribution in [0.2, 0.25) is 5.02 Å². The van der Waals surface area contributed by atoms with Gasteiger partial charge in [-0.1, -0.05) is 22.9 Å². The molecule has 1 amide bonds. The van der Waals surface area contributed by atoms with E-state index in [0.29, 0.717) is 26.9 Å². The third-order valence-corrected chi connectivity index (χ3v) is 4.98. The van der Waals surface area contributed by atoms with E-state index >= 15 is 0 Å². The first kappa shape index (κ1) is 18.4. The smallest absolute Gasteiger partial charge is 0.326 e. The summed E-state index contributed by atoms with van der Waals surface area (Å²) >= 11 is 7.34. The van der Waals surface area contributed by atoms with Crippen LogP contribution in [0.1, 0.15) is 28.8 Å². The van der Waals surface area contributed by atoms with Gasteiger partial charge in [0.15, 0.2) is 4.80 Å². The molecule has 6 nitrogen and oxygen atoms in total. The molecule has 0 unspecified atom stereocenters. The summed E-state index contributed by atoms with van der Waals surface area (Å²) in [6, 6.07) is 6.96. The maximum Gasteiger partial charge on any atom is 0.326 e.